The van der Waals surface area contributed by atoms with Crippen molar-refractivity contribution in [2.24, 2.45) is 0 Å². The molecular weight excluding hydrogens is 180 g/mol. The molecule has 0 unspecified atom stereocenters. The van der Waals surface area contributed by atoms with Crippen LogP contribution >= 0.6 is 0 Å². The van der Waals surface area contributed by atoms with Crippen molar-refractivity contribution in [3.05, 3.63) is 42.0 Å². The SMILES string of the molecule is O=C(O)c1cc([O-])c2ccccc2c1. The second-order valence-corrected chi connectivity index (χ2v) is 3.00. The van der Waals surface area contributed by atoms with Crippen molar-refractivity contribution in [2.45, 2.75) is 0 Å². The highest BCUT2D eigenvalue weighted by molar-refractivity contribution is 5.97. The first kappa shape index (κ1) is 8.56. The van der Waals surface area contributed by atoms with E-state index in [2.05, 4.69) is 0 Å². The van der Waals surface area contributed by atoms with Gasteiger partial charge < -0.3 is 10.2 Å². The average Bonchev–Trinajstić information content (AvgIpc) is 2.17. The van der Waals surface area contributed by atoms with Crippen molar-refractivity contribution in [3.63, 3.8) is 0 Å². The lowest BCUT2D eigenvalue weighted by Crippen LogP contribution is -1.99. The summed E-state index contributed by atoms with van der Waals surface area (Å²) in [6.07, 6.45) is 0. The molecule has 0 atom stereocenters. The van der Waals surface area contributed by atoms with E-state index in [1.807, 2.05) is 0 Å². The molecule has 0 saturated heterocycles. The minimum absolute atomic E-state index is 0.0358. The van der Waals surface area contributed by atoms with E-state index in [1.54, 1.807) is 24.3 Å². The Hall–Kier alpha value is -2.03. The molecule has 2 aromatic carbocycles. The minimum Gasteiger partial charge on any atom is -0.872 e. The summed E-state index contributed by atoms with van der Waals surface area (Å²) in [6.45, 7) is 0. The Morgan fingerprint density at radius 1 is 1.21 bits per heavy atom. The van der Waals surface area contributed by atoms with Crippen LogP contribution in [0.15, 0.2) is 36.4 Å². The van der Waals surface area contributed by atoms with Crippen LogP contribution in [0.3, 0.4) is 0 Å². The molecule has 0 amide bonds. The maximum absolute atomic E-state index is 11.4. The zero-order valence-electron chi connectivity index (χ0n) is 7.23. The van der Waals surface area contributed by atoms with Crippen LogP contribution in [0.1, 0.15) is 10.4 Å². The van der Waals surface area contributed by atoms with E-state index >= 15 is 0 Å². The number of rotatable bonds is 1. The van der Waals surface area contributed by atoms with Gasteiger partial charge in [-0.3, -0.25) is 0 Å². The van der Waals surface area contributed by atoms with Gasteiger partial charge in [0, 0.05) is 0 Å². The van der Waals surface area contributed by atoms with E-state index in [-0.39, 0.29) is 11.3 Å². The standard InChI is InChI=1S/C11H8O3/c12-10-6-8(11(13)14)5-7-3-1-2-4-9(7)10/h1-6,12H,(H,13,14)/p-1. The molecule has 0 aromatic heterocycles. The molecule has 0 aliphatic carbocycles. The average molecular weight is 187 g/mol. The molecule has 0 aliphatic rings. The van der Waals surface area contributed by atoms with E-state index in [4.69, 9.17) is 5.11 Å². The quantitative estimate of drug-likeness (QED) is 0.737. The molecule has 0 bridgehead atoms. The lowest BCUT2D eigenvalue weighted by molar-refractivity contribution is -0.265. The van der Waals surface area contributed by atoms with E-state index < -0.39 is 5.97 Å². The van der Waals surface area contributed by atoms with Crippen LogP contribution in [-0.4, -0.2) is 11.1 Å². The summed E-state index contributed by atoms with van der Waals surface area (Å²) in [6, 6.07) is 9.58. The normalized spacial score (nSPS) is 10.3. The first-order valence-corrected chi connectivity index (χ1v) is 4.11. The van der Waals surface area contributed by atoms with Gasteiger partial charge in [0.05, 0.1) is 5.56 Å². The fourth-order valence-corrected chi connectivity index (χ4v) is 1.40. The Balaban J connectivity index is 2.78. The minimum atomic E-state index is -1.08. The van der Waals surface area contributed by atoms with Gasteiger partial charge in [0.1, 0.15) is 0 Å². The van der Waals surface area contributed by atoms with E-state index in [0.717, 1.165) is 6.07 Å². The summed E-state index contributed by atoms with van der Waals surface area (Å²) in [5.41, 5.74) is 0.0358. The Morgan fingerprint density at radius 2 is 1.93 bits per heavy atom. The Labute approximate surface area is 80.2 Å². The van der Waals surface area contributed by atoms with Gasteiger partial charge in [-0.2, -0.15) is 0 Å². The maximum Gasteiger partial charge on any atom is 0.335 e. The largest absolute Gasteiger partial charge is 0.872 e. The molecule has 0 aliphatic heterocycles. The van der Waals surface area contributed by atoms with Crippen molar-refractivity contribution in [1.82, 2.24) is 0 Å². The fraction of sp³-hybridized carbons (Fsp3) is 0. The molecule has 3 heteroatoms. The van der Waals surface area contributed by atoms with E-state index in [9.17, 15) is 9.90 Å². The zero-order chi connectivity index (χ0) is 10.1. The first-order chi connectivity index (χ1) is 6.68. The molecule has 0 radical (unpaired) electrons. The van der Waals surface area contributed by atoms with Gasteiger partial charge in [-0.1, -0.05) is 30.3 Å². The van der Waals surface area contributed by atoms with Gasteiger partial charge >= 0.3 is 5.97 Å². The van der Waals surface area contributed by atoms with Crippen LogP contribution in [0.2, 0.25) is 0 Å². The summed E-state index contributed by atoms with van der Waals surface area (Å²) in [4.78, 5) is 10.7. The predicted octanol–water partition coefficient (Wildman–Crippen LogP) is 1.61. The Bertz CT molecular complexity index is 503. The van der Waals surface area contributed by atoms with E-state index in [0.29, 0.717) is 10.8 Å². The van der Waals surface area contributed by atoms with Gasteiger partial charge in [-0.25, -0.2) is 4.79 Å². The lowest BCUT2D eigenvalue weighted by atomic mass is 10.1. The van der Waals surface area contributed by atoms with Gasteiger partial charge in [-0.15, -0.1) is 5.75 Å². The molecule has 0 heterocycles. The summed E-state index contributed by atoms with van der Waals surface area (Å²) < 4.78 is 0. The second-order valence-electron chi connectivity index (χ2n) is 3.00. The highest BCUT2D eigenvalue weighted by atomic mass is 16.4. The van der Waals surface area contributed by atoms with Gasteiger partial charge in [-0.05, 0) is 16.8 Å². The third kappa shape index (κ3) is 1.29. The number of fused-ring (bicyclic) bond motifs is 1. The third-order valence-corrected chi connectivity index (χ3v) is 2.07. The van der Waals surface area contributed by atoms with Gasteiger partial charge in [0.2, 0.25) is 0 Å². The van der Waals surface area contributed by atoms with Crippen LogP contribution in [-0.2, 0) is 0 Å². The first-order valence-electron chi connectivity index (χ1n) is 4.11. The van der Waals surface area contributed by atoms with Crippen molar-refractivity contribution >= 4 is 16.7 Å². The number of hydrogen-bond acceptors (Lipinski definition) is 2. The topological polar surface area (TPSA) is 60.4 Å². The van der Waals surface area contributed by atoms with E-state index in [1.165, 1.54) is 6.07 Å². The zero-order valence-corrected chi connectivity index (χ0v) is 7.23. The third-order valence-electron chi connectivity index (χ3n) is 2.07. The van der Waals surface area contributed by atoms with Crippen molar-refractivity contribution in [3.8, 4) is 5.75 Å². The van der Waals surface area contributed by atoms with Crippen molar-refractivity contribution in [1.29, 1.82) is 0 Å². The molecule has 14 heavy (non-hydrogen) atoms. The molecule has 2 rings (SSSR count). The molecular formula is C11H7O3-. The van der Waals surface area contributed by atoms with Crippen LogP contribution in [0, 0.1) is 0 Å². The van der Waals surface area contributed by atoms with Crippen molar-refractivity contribution < 1.29 is 15.0 Å². The van der Waals surface area contributed by atoms with Crippen molar-refractivity contribution in [2.75, 3.05) is 0 Å². The number of benzene rings is 2. The number of aromatic carboxylic acids is 1. The van der Waals surface area contributed by atoms with Crippen LogP contribution in [0.5, 0.6) is 5.75 Å². The summed E-state index contributed by atoms with van der Waals surface area (Å²) >= 11 is 0. The molecule has 0 saturated carbocycles. The highest BCUT2D eigenvalue weighted by Crippen LogP contribution is 2.23. The molecule has 1 N–H and O–H groups in total. The summed E-state index contributed by atoms with van der Waals surface area (Å²) in [5, 5.41) is 21.4. The molecule has 70 valence electrons. The van der Waals surface area contributed by atoms with Gasteiger partial charge in [0.15, 0.2) is 0 Å². The lowest BCUT2D eigenvalue weighted by Gasteiger charge is -2.11. The molecule has 3 nitrogen and oxygen atoms in total. The molecule has 2 aromatic rings. The smallest absolute Gasteiger partial charge is 0.335 e. The Kier molecular flexibility index (Phi) is 1.85. The number of carbonyl (C=O) groups is 1. The number of carboxylic acid groups (broad SMARTS) is 1. The fourth-order valence-electron chi connectivity index (χ4n) is 1.40. The monoisotopic (exact) mass is 187 g/mol. The summed E-state index contributed by atoms with van der Waals surface area (Å²) in [7, 11) is 0. The number of hydrogen-bond donors (Lipinski definition) is 1. The maximum atomic E-state index is 11.4. The highest BCUT2D eigenvalue weighted by Gasteiger charge is 2.03. The van der Waals surface area contributed by atoms with Crippen LogP contribution < -0.4 is 5.11 Å². The molecule has 0 fully saturated rings. The van der Waals surface area contributed by atoms with Crippen LogP contribution in [0.4, 0.5) is 0 Å². The predicted molar refractivity (Wildman–Crippen MR) is 50.4 cm³/mol. The number of carboxylic acids is 1. The van der Waals surface area contributed by atoms with Crippen LogP contribution in [0.25, 0.3) is 10.8 Å². The second kappa shape index (κ2) is 3.03. The Morgan fingerprint density at radius 3 is 2.64 bits per heavy atom. The van der Waals surface area contributed by atoms with Gasteiger partial charge in [0.25, 0.3) is 0 Å². The summed E-state index contributed by atoms with van der Waals surface area (Å²) in [5.74, 6) is -1.33. The molecule has 0 spiro atoms.